The summed E-state index contributed by atoms with van der Waals surface area (Å²) in [5, 5.41) is 4.09. The van der Waals surface area contributed by atoms with Gasteiger partial charge in [-0.25, -0.2) is 0 Å². The highest BCUT2D eigenvalue weighted by Crippen LogP contribution is 2.25. The quantitative estimate of drug-likeness (QED) is 0.441. The van der Waals surface area contributed by atoms with Crippen molar-refractivity contribution < 1.29 is 4.52 Å². The minimum atomic E-state index is 0. The lowest BCUT2D eigenvalue weighted by molar-refractivity contribution is 0.435. The maximum Gasteiger partial charge on any atom is 0.167 e. The summed E-state index contributed by atoms with van der Waals surface area (Å²) in [6, 6.07) is 22.0. The molecular weight excluding hydrogens is 317 g/mol. The highest BCUT2D eigenvalue weighted by Gasteiger charge is 2.07. The molecule has 0 fully saturated rings. The van der Waals surface area contributed by atoms with Gasteiger partial charge in [0, 0.05) is 25.6 Å². The topological polar surface area (TPSA) is 26.0 Å². The molecule has 0 unspecified atom stereocenters. The molecule has 0 saturated carbocycles. The number of hydrogen-bond acceptors (Lipinski definition) is 2. The summed E-state index contributed by atoms with van der Waals surface area (Å²) in [5.74, 6) is 0.796. The molecule has 0 atom stereocenters. The Morgan fingerprint density at radius 1 is 0.577 bits per heavy atom. The van der Waals surface area contributed by atoms with E-state index in [1.807, 2.05) is 122 Å². The second-order valence-electron chi connectivity index (χ2n) is 3.81. The molecule has 26 heavy (non-hydrogen) atoms. The van der Waals surface area contributed by atoms with Crippen LogP contribution in [0.4, 0.5) is 0 Å². The molecule has 1 aromatic heterocycles. The third-order valence-corrected chi connectivity index (χ3v) is 2.64. The summed E-state index contributed by atoms with van der Waals surface area (Å²) >= 11 is 0. The maximum atomic E-state index is 5.36. The number of nitrogens with zero attached hydrogens (tertiary/aromatic N) is 1. The first-order chi connectivity index (χ1) is 12.4. The van der Waals surface area contributed by atoms with Crippen molar-refractivity contribution in [2.45, 2.75) is 55.4 Å². The summed E-state index contributed by atoms with van der Waals surface area (Å²) in [7, 11) is 0. The molecule has 0 spiro atoms. The van der Waals surface area contributed by atoms with Crippen molar-refractivity contribution in [3.8, 4) is 22.6 Å². The Bertz CT molecular complexity index is 552. The molecule has 2 aromatic carbocycles. The van der Waals surface area contributed by atoms with E-state index in [1.54, 1.807) is 0 Å². The summed E-state index contributed by atoms with van der Waals surface area (Å²) in [4.78, 5) is 0. The molecule has 0 aliphatic heterocycles. The molecule has 0 bridgehead atoms. The Balaban J connectivity index is -0.000000524. The molecule has 3 heteroatoms. The lowest BCUT2D eigenvalue weighted by Crippen LogP contribution is -1.73. The number of rotatable bonds is 2. The molecule has 1 heterocycles. The predicted molar refractivity (Wildman–Crippen MR) is 119 cm³/mol. The van der Waals surface area contributed by atoms with E-state index in [-0.39, 0.29) is 8.41 Å². The highest BCUT2D eigenvalue weighted by atomic mass is 16.5. The minimum Gasteiger partial charge on any atom is -0.356 e. The summed E-state index contributed by atoms with van der Waals surface area (Å²) < 4.78 is 5.36. The van der Waals surface area contributed by atoms with Crippen molar-refractivity contribution in [3.63, 3.8) is 0 Å². The predicted octanol–water partition coefficient (Wildman–Crippen LogP) is 7.73. The van der Waals surface area contributed by atoms with Crippen LogP contribution in [0.5, 0.6) is 0 Å². The van der Waals surface area contributed by atoms with Crippen molar-refractivity contribution in [3.05, 3.63) is 66.7 Å². The standard InChI is InChI=1S/C15H11NO.4C2H6.B/c1-3-7-12(8-4-1)14-11-15(17-16-14)13-9-5-2-6-10-13;4*1-2;/h1-11H;4*1-2H3;. The van der Waals surface area contributed by atoms with Gasteiger partial charge in [0.05, 0.1) is 0 Å². The molecular formula is C23H35BNO. The second-order valence-corrected chi connectivity index (χ2v) is 3.81. The third-order valence-electron chi connectivity index (χ3n) is 2.64. The van der Waals surface area contributed by atoms with E-state index >= 15 is 0 Å². The fourth-order valence-corrected chi connectivity index (χ4v) is 1.76. The first kappa shape index (κ1) is 28.5. The van der Waals surface area contributed by atoms with Gasteiger partial charge in [-0.05, 0) is 0 Å². The van der Waals surface area contributed by atoms with Gasteiger partial charge in [0.25, 0.3) is 0 Å². The minimum absolute atomic E-state index is 0. The molecule has 2 nitrogen and oxygen atoms in total. The smallest absolute Gasteiger partial charge is 0.167 e. The van der Waals surface area contributed by atoms with Crippen LogP contribution in [0.15, 0.2) is 71.3 Å². The van der Waals surface area contributed by atoms with Crippen LogP contribution in [0.25, 0.3) is 22.6 Å². The zero-order valence-electron chi connectivity index (χ0n) is 17.8. The first-order valence-corrected chi connectivity index (χ1v) is 9.51. The molecule has 141 valence electrons. The zero-order chi connectivity index (χ0) is 19.5. The van der Waals surface area contributed by atoms with Gasteiger partial charge >= 0.3 is 0 Å². The van der Waals surface area contributed by atoms with Crippen LogP contribution in [-0.2, 0) is 0 Å². The van der Waals surface area contributed by atoms with Gasteiger partial charge in [-0.2, -0.15) is 0 Å². The molecule has 0 aliphatic rings. The van der Waals surface area contributed by atoms with Crippen molar-refractivity contribution in [2.24, 2.45) is 0 Å². The molecule has 0 N–H and O–H groups in total. The Morgan fingerprint density at radius 3 is 1.38 bits per heavy atom. The van der Waals surface area contributed by atoms with Crippen LogP contribution in [0.2, 0.25) is 0 Å². The van der Waals surface area contributed by atoms with Crippen LogP contribution in [0.3, 0.4) is 0 Å². The van der Waals surface area contributed by atoms with Crippen molar-refractivity contribution >= 4 is 8.41 Å². The second kappa shape index (κ2) is 20.8. The Labute approximate surface area is 163 Å². The van der Waals surface area contributed by atoms with Gasteiger partial charge in [-0.15, -0.1) is 0 Å². The van der Waals surface area contributed by atoms with E-state index in [2.05, 4.69) is 5.16 Å². The molecule has 0 aliphatic carbocycles. The first-order valence-electron chi connectivity index (χ1n) is 9.51. The number of hydrogen-bond donors (Lipinski definition) is 0. The van der Waals surface area contributed by atoms with E-state index < -0.39 is 0 Å². The Kier molecular flexibility index (Phi) is 22.8. The molecule has 3 rings (SSSR count). The summed E-state index contributed by atoms with van der Waals surface area (Å²) in [6.07, 6.45) is 0. The largest absolute Gasteiger partial charge is 0.356 e. The van der Waals surface area contributed by atoms with Gasteiger partial charge in [0.15, 0.2) is 5.76 Å². The van der Waals surface area contributed by atoms with Crippen molar-refractivity contribution in [2.75, 3.05) is 0 Å². The Morgan fingerprint density at radius 2 is 0.962 bits per heavy atom. The van der Waals surface area contributed by atoms with E-state index in [9.17, 15) is 0 Å². The zero-order valence-corrected chi connectivity index (χ0v) is 17.8. The van der Waals surface area contributed by atoms with Crippen molar-refractivity contribution in [1.82, 2.24) is 5.16 Å². The summed E-state index contributed by atoms with van der Waals surface area (Å²) in [6.45, 7) is 16.0. The fourth-order valence-electron chi connectivity index (χ4n) is 1.76. The van der Waals surface area contributed by atoms with Crippen LogP contribution in [-0.4, -0.2) is 13.6 Å². The van der Waals surface area contributed by atoms with Gasteiger partial charge in [-0.3, -0.25) is 0 Å². The average Bonchev–Trinajstić information content (AvgIpc) is 3.26. The van der Waals surface area contributed by atoms with Crippen LogP contribution >= 0.6 is 0 Å². The number of benzene rings is 2. The van der Waals surface area contributed by atoms with Gasteiger partial charge in [0.2, 0.25) is 0 Å². The average molecular weight is 352 g/mol. The molecule has 3 radical (unpaired) electrons. The van der Waals surface area contributed by atoms with E-state index in [0.717, 1.165) is 22.6 Å². The third kappa shape index (κ3) is 9.88. The monoisotopic (exact) mass is 352 g/mol. The maximum absolute atomic E-state index is 5.36. The lowest BCUT2D eigenvalue weighted by atomic mass is 10.1. The Hall–Kier alpha value is -2.29. The summed E-state index contributed by atoms with van der Waals surface area (Å²) in [5.41, 5.74) is 2.98. The van der Waals surface area contributed by atoms with Crippen LogP contribution < -0.4 is 0 Å². The van der Waals surface area contributed by atoms with E-state index in [1.165, 1.54) is 0 Å². The van der Waals surface area contributed by atoms with Crippen LogP contribution in [0, 0.1) is 0 Å². The van der Waals surface area contributed by atoms with E-state index in [0.29, 0.717) is 0 Å². The van der Waals surface area contributed by atoms with E-state index in [4.69, 9.17) is 4.52 Å². The van der Waals surface area contributed by atoms with Gasteiger partial charge in [0.1, 0.15) is 5.69 Å². The molecule has 0 saturated heterocycles. The normalized spacial score (nSPS) is 7.69. The van der Waals surface area contributed by atoms with Crippen LogP contribution in [0.1, 0.15) is 55.4 Å². The molecule has 0 amide bonds. The van der Waals surface area contributed by atoms with Crippen molar-refractivity contribution in [1.29, 1.82) is 0 Å². The van der Waals surface area contributed by atoms with Gasteiger partial charge in [-0.1, -0.05) is 121 Å². The fraction of sp³-hybridized carbons (Fsp3) is 0.348. The highest BCUT2D eigenvalue weighted by molar-refractivity contribution is 5.75. The van der Waals surface area contributed by atoms with Gasteiger partial charge < -0.3 is 4.52 Å². The number of aromatic nitrogens is 1. The molecule has 3 aromatic rings. The SMILES string of the molecule is CC.CC.CC.CC.[B].c1ccc(-c2cc(-c3ccccc3)on2)cc1. The lowest BCUT2D eigenvalue weighted by Gasteiger charge is -1.92.